The van der Waals surface area contributed by atoms with Crippen molar-refractivity contribution >= 4 is 59.9 Å². The SMILES string of the molecule is Cc1ccc2sc(N(CCCN(C)C)C(=O)c3ccc(Br)s3)nc2c1C.[Cl-]. The third-order valence-corrected chi connectivity index (χ3v) is 6.98. The first-order valence-electron chi connectivity index (χ1n) is 8.45. The van der Waals surface area contributed by atoms with Crippen LogP contribution in [0.5, 0.6) is 0 Å². The zero-order chi connectivity index (χ0) is 18.8. The van der Waals surface area contributed by atoms with Gasteiger partial charge in [0.05, 0.1) is 18.9 Å². The van der Waals surface area contributed by atoms with Crippen LogP contribution in [0.15, 0.2) is 28.1 Å². The van der Waals surface area contributed by atoms with E-state index in [0.717, 1.165) is 37.0 Å². The highest BCUT2D eigenvalue weighted by Gasteiger charge is 2.23. The summed E-state index contributed by atoms with van der Waals surface area (Å²) in [6.45, 7) is 5.78. The average Bonchev–Trinajstić information content (AvgIpc) is 3.21. The molecular formula is C19H22BrClN3OS2-. The summed E-state index contributed by atoms with van der Waals surface area (Å²) in [4.78, 5) is 22.7. The number of thiazole rings is 1. The van der Waals surface area contributed by atoms with Gasteiger partial charge in [-0.3, -0.25) is 9.69 Å². The second-order valence-electron chi connectivity index (χ2n) is 6.57. The van der Waals surface area contributed by atoms with Crippen LogP contribution in [0.4, 0.5) is 5.13 Å². The fourth-order valence-electron chi connectivity index (χ4n) is 2.72. The van der Waals surface area contributed by atoms with Crippen molar-refractivity contribution in [1.29, 1.82) is 0 Å². The monoisotopic (exact) mass is 486 g/mol. The molecule has 8 heteroatoms. The van der Waals surface area contributed by atoms with E-state index in [1.807, 2.05) is 31.1 Å². The standard InChI is InChI=1S/C19H22BrN3OS2.ClH/c1-12-6-7-14-17(13(12)2)21-19(26-14)23(11-5-10-22(3)4)18(24)15-8-9-16(20)25-15;/h6-9H,5,10-11H2,1-4H3;1H/p-1. The van der Waals surface area contributed by atoms with E-state index in [1.54, 1.807) is 11.3 Å². The van der Waals surface area contributed by atoms with E-state index in [0.29, 0.717) is 6.54 Å². The summed E-state index contributed by atoms with van der Waals surface area (Å²) in [5, 5.41) is 0.780. The highest BCUT2D eigenvalue weighted by molar-refractivity contribution is 9.11. The molecule has 4 nitrogen and oxygen atoms in total. The molecule has 0 bridgehead atoms. The summed E-state index contributed by atoms with van der Waals surface area (Å²) in [6.07, 6.45) is 0.902. The number of fused-ring (bicyclic) bond motifs is 1. The zero-order valence-electron chi connectivity index (χ0n) is 15.8. The highest BCUT2D eigenvalue weighted by Crippen LogP contribution is 2.33. The van der Waals surface area contributed by atoms with E-state index >= 15 is 0 Å². The molecule has 0 radical (unpaired) electrons. The fraction of sp³-hybridized carbons (Fsp3) is 0.368. The number of carbonyl (C=O) groups excluding carboxylic acids is 1. The number of rotatable bonds is 6. The van der Waals surface area contributed by atoms with Crippen molar-refractivity contribution in [3.05, 3.63) is 44.1 Å². The van der Waals surface area contributed by atoms with E-state index in [1.165, 1.54) is 22.5 Å². The number of aryl methyl sites for hydroxylation is 2. The molecule has 0 aliphatic heterocycles. The van der Waals surface area contributed by atoms with Crippen LogP contribution < -0.4 is 17.3 Å². The normalized spacial score (nSPS) is 11.0. The van der Waals surface area contributed by atoms with E-state index in [-0.39, 0.29) is 18.3 Å². The second-order valence-corrected chi connectivity index (χ2v) is 10.0. The summed E-state index contributed by atoms with van der Waals surface area (Å²) >= 11 is 6.50. The number of amides is 1. The number of benzene rings is 1. The Morgan fingerprint density at radius 3 is 2.48 bits per heavy atom. The van der Waals surface area contributed by atoms with Gasteiger partial charge in [-0.1, -0.05) is 17.4 Å². The van der Waals surface area contributed by atoms with Gasteiger partial charge in [-0.2, -0.15) is 0 Å². The predicted octanol–water partition coefficient (Wildman–Crippen LogP) is 2.34. The first-order valence-corrected chi connectivity index (χ1v) is 10.9. The Balaban J connectivity index is 0.00000261. The molecule has 27 heavy (non-hydrogen) atoms. The van der Waals surface area contributed by atoms with Crippen LogP contribution in [0.25, 0.3) is 10.2 Å². The smallest absolute Gasteiger partial charge is 0.270 e. The molecule has 0 spiro atoms. The Hall–Kier alpha value is -0.990. The van der Waals surface area contributed by atoms with E-state index in [2.05, 4.69) is 46.8 Å². The molecule has 146 valence electrons. The maximum Gasteiger partial charge on any atom is 0.270 e. The number of carbonyl (C=O) groups is 1. The minimum atomic E-state index is 0. The lowest BCUT2D eigenvalue weighted by Gasteiger charge is -2.20. The second kappa shape index (κ2) is 9.47. The number of halogens is 2. The summed E-state index contributed by atoms with van der Waals surface area (Å²) < 4.78 is 2.09. The molecule has 1 amide bonds. The molecular weight excluding hydrogens is 466 g/mol. The predicted molar refractivity (Wildman–Crippen MR) is 116 cm³/mol. The van der Waals surface area contributed by atoms with Gasteiger partial charge >= 0.3 is 0 Å². The molecule has 0 aliphatic carbocycles. The number of anilines is 1. The number of hydrogen-bond donors (Lipinski definition) is 0. The number of aromatic nitrogens is 1. The summed E-state index contributed by atoms with van der Waals surface area (Å²) in [5.74, 6) is 0.0212. The molecule has 0 fully saturated rings. The molecule has 0 saturated carbocycles. The molecule has 0 unspecified atom stereocenters. The van der Waals surface area contributed by atoms with Gasteiger partial charge in [0.2, 0.25) is 0 Å². The van der Waals surface area contributed by atoms with Crippen molar-refractivity contribution in [2.45, 2.75) is 20.3 Å². The van der Waals surface area contributed by atoms with Gasteiger partial charge in [0.1, 0.15) is 0 Å². The molecule has 0 saturated heterocycles. The molecule has 0 N–H and O–H groups in total. The molecule has 3 rings (SSSR count). The highest BCUT2D eigenvalue weighted by atomic mass is 79.9. The van der Waals surface area contributed by atoms with Gasteiger partial charge in [0, 0.05) is 6.54 Å². The van der Waals surface area contributed by atoms with Gasteiger partial charge in [-0.25, -0.2) is 4.98 Å². The number of hydrogen-bond acceptors (Lipinski definition) is 5. The van der Waals surface area contributed by atoms with Crippen LogP contribution in [-0.4, -0.2) is 43.0 Å². The molecule has 1 aromatic carbocycles. The molecule has 0 aliphatic rings. The summed E-state index contributed by atoms with van der Waals surface area (Å²) in [6, 6.07) is 8.01. The van der Waals surface area contributed by atoms with Crippen LogP contribution in [-0.2, 0) is 0 Å². The van der Waals surface area contributed by atoms with Crippen LogP contribution in [0, 0.1) is 13.8 Å². The average molecular weight is 488 g/mol. The van der Waals surface area contributed by atoms with E-state index in [4.69, 9.17) is 4.98 Å². The summed E-state index contributed by atoms with van der Waals surface area (Å²) in [5.41, 5.74) is 3.41. The zero-order valence-corrected chi connectivity index (χ0v) is 19.7. The number of thiophene rings is 1. The van der Waals surface area contributed by atoms with Crippen molar-refractivity contribution in [3.63, 3.8) is 0 Å². The van der Waals surface area contributed by atoms with Gasteiger partial charge in [-0.15, -0.1) is 11.3 Å². The summed E-state index contributed by atoms with van der Waals surface area (Å²) in [7, 11) is 4.10. The lowest BCUT2D eigenvalue weighted by molar-refractivity contribution is -0.0000129. The fourth-order valence-corrected chi connectivity index (χ4v) is 5.11. The topological polar surface area (TPSA) is 36.4 Å². The minimum Gasteiger partial charge on any atom is -1.00 e. The van der Waals surface area contributed by atoms with Crippen LogP contribution in [0.3, 0.4) is 0 Å². The molecule has 0 atom stereocenters. The van der Waals surface area contributed by atoms with Crippen molar-refractivity contribution in [1.82, 2.24) is 9.88 Å². The van der Waals surface area contributed by atoms with Crippen LogP contribution in [0.2, 0.25) is 0 Å². The molecule has 2 aromatic heterocycles. The van der Waals surface area contributed by atoms with Crippen molar-refractivity contribution in [2.24, 2.45) is 0 Å². The third-order valence-electron chi connectivity index (χ3n) is 4.32. The maximum atomic E-state index is 13.1. The van der Waals surface area contributed by atoms with Crippen molar-refractivity contribution in [2.75, 3.05) is 32.1 Å². The lowest BCUT2D eigenvalue weighted by Crippen LogP contribution is -3.00. The Morgan fingerprint density at radius 2 is 1.85 bits per heavy atom. The van der Waals surface area contributed by atoms with Gasteiger partial charge in [-0.05, 0) is 86.2 Å². The largest absolute Gasteiger partial charge is 1.00 e. The van der Waals surface area contributed by atoms with E-state index in [9.17, 15) is 4.79 Å². The van der Waals surface area contributed by atoms with Gasteiger partial charge < -0.3 is 17.3 Å². The van der Waals surface area contributed by atoms with Crippen LogP contribution in [0.1, 0.15) is 27.2 Å². The van der Waals surface area contributed by atoms with E-state index < -0.39 is 0 Å². The van der Waals surface area contributed by atoms with Gasteiger partial charge in [0.15, 0.2) is 5.13 Å². The lowest BCUT2D eigenvalue weighted by atomic mass is 10.1. The Labute approximate surface area is 182 Å². The first kappa shape index (κ1) is 22.3. The maximum absolute atomic E-state index is 13.1. The van der Waals surface area contributed by atoms with Crippen LogP contribution >= 0.6 is 38.6 Å². The Morgan fingerprint density at radius 1 is 1.11 bits per heavy atom. The Bertz CT molecular complexity index is 938. The van der Waals surface area contributed by atoms with Crippen molar-refractivity contribution in [3.8, 4) is 0 Å². The van der Waals surface area contributed by atoms with Crippen molar-refractivity contribution < 1.29 is 17.2 Å². The van der Waals surface area contributed by atoms with Gasteiger partial charge in [0.25, 0.3) is 5.91 Å². The molecule has 2 heterocycles. The first-order chi connectivity index (χ1) is 12.4. The number of nitrogens with zero attached hydrogens (tertiary/aromatic N) is 3. The quantitative estimate of drug-likeness (QED) is 0.535. The Kier molecular flexibility index (Phi) is 7.83. The third kappa shape index (κ3) is 5.09. The minimum absolute atomic E-state index is 0. The molecule has 3 aromatic rings.